The molecule has 1 rings (SSSR count). The minimum Gasteiger partial charge on any atom is -0.104 e. The highest BCUT2D eigenvalue weighted by atomic mass is 29.6. The molecule has 1 heterocycles. The molecule has 0 saturated heterocycles. The third-order valence-corrected chi connectivity index (χ3v) is 8.65. The van der Waals surface area contributed by atoms with Gasteiger partial charge in [0, 0.05) is 39.0 Å². The lowest BCUT2D eigenvalue weighted by molar-refractivity contribution is 2.15. The Kier molecular flexibility index (Phi) is 2.38. The van der Waals surface area contributed by atoms with Crippen LogP contribution in [0.4, 0.5) is 0 Å². The van der Waals surface area contributed by atoms with Crippen LogP contribution < -0.4 is 0 Å². The molecule has 0 aromatic heterocycles. The van der Waals surface area contributed by atoms with Gasteiger partial charge in [-0.25, -0.2) is 0 Å². The van der Waals surface area contributed by atoms with Crippen LogP contribution in [0.25, 0.3) is 0 Å². The largest absolute Gasteiger partial charge is 0.104 e. The first kappa shape index (κ1) is 8.87. The maximum absolute atomic E-state index is 3.65. The van der Waals surface area contributed by atoms with Crippen molar-refractivity contribution in [3.8, 4) is 0 Å². The second kappa shape index (κ2) is 2.68. The Morgan fingerprint density at radius 2 is 0.800 bits per heavy atom. The molecule has 0 fully saturated rings. The lowest BCUT2D eigenvalue weighted by atomic mass is 11.2. The van der Waals surface area contributed by atoms with Crippen LogP contribution in [-0.2, 0) is 0 Å². The second-order valence-electron chi connectivity index (χ2n) is 2.40. The van der Waals surface area contributed by atoms with E-state index in [1.165, 1.54) is 0 Å². The Morgan fingerprint density at radius 3 is 1.00 bits per heavy atom. The van der Waals surface area contributed by atoms with Crippen molar-refractivity contribution < 1.29 is 0 Å². The van der Waals surface area contributed by atoms with Crippen LogP contribution in [-0.4, -0.2) is 53.3 Å². The molecule has 1 aliphatic heterocycles. The van der Waals surface area contributed by atoms with Gasteiger partial charge in [-0.2, -0.15) is 0 Å². The van der Waals surface area contributed by atoms with Gasteiger partial charge in [-0.05, 0) is 0 Å². The van der Waals surface area contributed by atoms with E-state index in [1.54, 1.807) is 0 Å². The Bertz CT molecular complexity index is 152. The SMILES string of the molecule is [Si][Si]1([Si])C=C[Si]([Si])([Si])C=C1. The Balaban J connectivity index is 2.81. The van der Waals surface area contributed by atoms with Gasteiger partial charge in [-0.1, -0.05) is 0 Å². The third kappa shape index (κ3) is 2.43. The summed E-state index contributed by atoms with van der Waals surface area (Å²) in [5, 5.41) is 0. The van der Waals surface area contributed by atoms with Crippen molar-refractivity contribution in [1.82, 2.24) is 0 Å². The molecule has 0 saturated carbocycles. The molecule has 0 bridgehead atoms. The summed E-state index contributed by atoms with van der Waals surface area (Å²) in [7, 11) is 11.7. The van der Waals surface area contributed by atoms with Crippen LogP contribution in [0.15, 0.2) is 22.8 Å². The van der Waals surface area contributed by atoms with E-state index in [4.69, 9.17) is 0 Å². The summed E-state index contributed by atoms with van der Waals surface area (Å²) in [5.41, 5.74) is 8.81. The van der Waals surface area contributed by atoms with E-state index in [0.29, 0.717) is 0 Å². The zero-order chi connectivity index (χ0) is 7.83. The fraction of sp³-hybridized carbons (Fsp3) is 0. The standard InChI is InChI=1S/C4H4Si6/c5-9(6)1-2-10(7,8)4-3-9/h1-4H. The second-order valence-corrected chi connectivity index (χ2v) is 20.1. The van der Waals surface area contributed by atoms with Crippen LogP contribution in [0, 0.1) is 0 Å². The molecule has 0 nitrogen and oxygen atoms in total. The van der Waals surface area contributed by atoms with Gasteiger partial charge in [-0.3, -0.25) is 0 Å². The predicted octanol–water partition coefficient (Wildman–Crippen LogP) is -1.17. The number of hydrogen-bond donors (Lipinski definition) is 0. The summed E-state index contributed by atoms with van der Waals surface area (Å²) in [5.74, 6) is 0. The van der Waals surface area contributed by atoms with Crippen LogP contribution in [0.2, 0.25) is 0 Å². The zero-order valence-corrected chi connectivity index (χ0v) is 11.3. The molecule has 12 radical (unpaired) electrons. The first-order valence-corrected chi connectivity index (χ1v) is 13.1. The maximum Gasteiger partial charge on any atom is 0.0674 e. The smallest absolute Gasteiger partial charge is 0.0674 e. The van der Waals surface area contributed by atoms with Crippen molar-refractivity contribution in [2.75, 3.05) is 0 Å². The zero-order valence-electron chi connectivity index (χ0n) is 5.31. The summed E-state index contributed by atoms with van der Waals surface area (Å²) < 4.78 is 0. The topological polar surface area (TPSA) is 0 Å². The molecule has 0 aromatic carbocycles. The highest BCUT2D eigenvalue weighted by Gasteiger charge is 2.22. The van der Waals surface area contributed by atoms with Crippen molar-refractivity contribution in [3.63, 3.8) is 0 Å². The lowest BCUT2D eigenvalue weighted by Crippen LogP contribution is -2.42. The highest BCUT2D eigenvalue weighted by Crippen LogP contribution is 2.08. The monoisotopic (exact) mass is 220 g/mol. The van der Waals surface area contributed by atoms with E-state index in [2.05, 4.69) is 61.8 Å². The minimum absolute atomic E-state index is 1.46. The molecule has 0 aliphatic carbocycles. The Morgan fingerprint density at radius 1 is 0.600 bits per heavy atom. The molecular weight excluding hydrogens is 217 g/mol. The van der Waals surface area contributed by atoms with E-state index in [1.807, 2.05) is 0 Å². The number of hydrogen-bond acceptors (Lipinski definition) is 0. The van der Waals surface area contributed by atoms with E-state index in [-0.39, 0.29) is 0 Å². The van der Waals surface area contributed by atoms with Gasteiger partial charge in [0.1, 0.15) is 0 Å². The molecule has 0 unspecified atom stereocenters. The van der Waals surface area contributed by atoms with Gasteiger partial charge >= 0.3 is 0 Å². The molecule has 0 amide bonds. The summed E-state index contributed by atoms with van der Waals surface area (Å²) in [6, 6.07) is 0. The summed E-state index contributed by atoms with van der Waals surface area (Å²) >= 11 is 0. The van der Waals surface area contributed by atoms with Gasteiger partial charge in [0.05, 0.1) is 14.2 Å². The minimum atomic E-state index is -1.46. The average Bonchev–Trinajstić information content (AvgIpc) is 1.79. The number of rotatable bonds is 0. The summed E-state index contributed by atoms with van der Waals surface area (Å²) in [4.78, 5) is 0. The maximum atomic E-state index is 3.65. The van der Waals surface area contributed by atoms with E-state index in [0.717, 1.165) is 0 Å². The van der Waals surface area contributed by atoms with Gasteiger partial charge in [0.15, 0.2) is 0 Å². The van der Waals surface area contributed by atoms with Gasteiger partial charge in [0.2, 0.25) is 0 Å². The molecule has 1 aliphatic rings. The van der Waals surface area contributed by atoms with E-state index in [9.17, 15) is 0 Å². The third-order valence-electron chi connectivity index (χ3n) is 1.22. The summed E-state index contributed by atoms with van der Waals surface area (Å²) in [6.45, 7) is 0. The molecule has 0 spiro atoms. The summed E-state index contributed by atoms with van der Waals surface area (Å²) in [6.07, 6.45) is 0. The molecule has 0 atom stereocenters. The molecule has 6 heteroatoms. The van der Waals surface area contributed by atoms with Crippen LogP contribution in [0.5, 0.6) is 0 Å². The van der Waals surface area contributed by atoms with Crippen molar-refractivity contribution in [1.29, 1.82) is 0 Å². The Hall–Kier alpha value is 0.781. The highest BCUT2D eigenvalue weighted by molar-refractivity contribution is 7.51. The lowest BCUT2D eigenvalue weighted by Gasteiger charge is -2.23. The van der Waals surface area contributed by atoms with Crippen molar-refractivity contribution in [2.45, 2.75) is 0 Å². The molecule has 0 N–H and O–H groups in total. The van der Waals surface area contributed by atoms with Crippen molar-refractivity contribution >= 4 is 53.3 Å². The molecule has 10 heavy (non-hydrogen) atoms. The first-order valence-electron chi connectivity index (χ1n) is 2.82. The van der Waals surface area contributed by atoms with Crippen LogP contribution in [0.3, 0.4) is 0 Å². The van der Waals surface area contributed by atoms with E-state index < -0.39 is 14.2 Å². The normalized spacial score (nSPS) is 26.8. The Labute approximate surface area is 76.0 Å². The quantitative estimate of drug-likeness (QED) is 0.452. The fourth-order valence-corrected chi connectivity index (χ4v) is 11.1. The van der Waals surface area contributed by atoms with Crippen LogP contribution in [0.1, 0.15) is 0 Å². The van der Waals surface area contributed by atoms with Gasteiger partial charge in [-0.15, -0.1) is 22.8 Å². The molecule has 44 valence electrons. The molecule has 0 aromatic rings. The molecular formula is C4H4Si6. The predicted molar refractivity (Wildman–Crippen MR) is 52.8 cm³/mol. The van der Waals surface area contributed by atoms with Crippen molar-refractivity contribution in [2.24, 2.45) is 0 Å². The average molecular weight is 221 g/mol. The van der Waals surface area contributed by atoms with Crippen LogP contribution >= 0.6 is 0 Å². The first-order chi connectivity index (χ1) is 4.41. The van der Waals surface area contributed by atoms with E-state index >= 15 is 0 Å². The van der Waals surface area contributed by atoms with Crippen molar-refractivity contribution in [3.05, 3.63) is 22.8 Å². The van der Waals surface area contributed by atoms with Gasteiger partial charge in [0.25, 0.3) is 0 Å². The van der Waals surface area contributed by atoms with Gasteiger partial charge < -0.3 is 0 Å². The fourth-order valence-electron chi connectivity index (χ4n) is 0.637.